The third-order valence-electron chi connectivity index (χ3n) is 2.78. The Morgan fingerprint density at radius 3 is 2.33 bits per heavy atom. The van der Waals surface area contributed by atoms with Gasteiger partial charge in [0.15, 0.2) is 5.96 Å². The van der Waals surface area contributed by atoms with E-state index in [9.17, 15) is 5.11 Å². The molecule has 0 amide bonds. The van der Waals surface area contributed by atoms with E-state index in [2.05, 4.69) is 42.4 Å². The number of anilines is 1. The van der Waals surface area contributed by atoms with Crippen molar-refractivity contribution in [2.24, 2.45) is 10.7 Å². The van der Waals surface area contributed by atoms with Crippen LogP contribution >= 0.6 is 0 Å². The summed E-state index contributed by atoms with van der Waals surface area (Å²) in [6.07, 6.45) is 1.41. The van der Waals surface area contributed by atoms with E-state index in [0.717, 1.165) is 18.5 Å². The first kappa shape index (κ1) is 14.5. The van der Waals surface area contributed by atoms with E-state index >= 15 is 0 Å². The summed E-state index contributed by atoms with van der Waals surface area (Å²) in [7, 11) is 0. The molecule has 0 aromatic heterocycles. The van der Waals surface area contributed by atoms with Gasteiger partial charge in [0.1, 0.15) is 0 Å². The van der Waals surface area contributed by atoms with E-state index in [1.807, 2.05) is 0 Å². The highest BCUT2D eigenvalue weighted by Crippen LogP contribution is 2.22. The predicted molar refractivity (Wildman–Crippen MR) is 77.0 cm³/mol. The summed E-state index contributed by atoms with van der Waals surface area (Å²) in [6.45, 7) is 6.23. The molecule has 1 rings (SSSR count). The van der Waals surface area contributed by atoms with Crippen LogP contribution in [0, 0.1) is 0 Å². The summed E-state index contributed by atoms with van der Waals surface area (Å²) in [4.78, 5) is 4.10. The van der Waals surface area contributed by atoms with Gasteiger partial charge in [0.25, 0.3) is 0 Å². The van der Waals surface area contributed by atoms with Gasteiger partial charge in [-0.05, 0) is 30.9 Å². The Bertz CT molecular complexity index is 391. The number of nitrogens with zero attached hydrogens (tertiary/aromatic N) is 1. The SMILES string of the molecule is CCc1cccc(CC)c1NC(N)=NCC(C)O. The van der Waals surface area contributed by atoms with Gasteiger partial charge in [-0.15, -0.1) is 0 Å². The molecule has 0 spiro atoms. The van der Waals surface area contributed by atoms with E-state index in [1.54, 1.807) is 6.92 Å². The first-order valence-electron chi connectivity index (χ1n) is 6.44. The number of rotatable bonds is 5. The molecule has 4 N–H and O–H groups in total. The number of hydrogen-bond donors (Lipinski definition) is 3. The van der Waals surface area contributed by atoms with Crippen molar-refractivity contribution in [2.75, 3.05) is 11.9 Å². The molecule has 1 aromatic rings. The molecule has 1 aromatic carbocycles. The molecule has 4 heteroatoms. The second kappa shape index (κ2) is 7.01. The Morgan fingerprint density at radius 1 is 1.33 bits per heavy atom. The lowest BCUT2D eigenvalue weighted by molar-refractivity contribution is 0.204. The van der Waals surface area contributed by atoms with Crippen LogP contribution in [-0.2, 0) is 12.8 Å². The zero-order valence-electron chi connectivity index (χ0n) is 11.4. The Morgan fingerprint density at radius 2 is 1.89 bits per heavy atom. The molecule has 100 valence electrons. The van der Waals surface area contributed by atoms with Crippen LogP contribution in [0.2, 0.25) is 0 Å². The van der Waals surface area contributed by atoms with Gasteiger partial charge in [0, 0.05) is 5.69 Å². The molecule has 18 heavy (non-hydrogen) atoms. The van der Waals surface area contributed by atoms with Gasteiger partial charge in [-0.25, -0.2) is 0 Å². The zero-order chi connectivity index (χ0) is 13.5. The van der Waals surface area contributed by atoms with Crippen LogP contribution in [0.5, 0.6) is 0 Å². The van der Waals surface area contributed by atoms with E-state index in [-0.39, 0.29) is 0 Å². The maximum Gasteiger partial charge on any atom is 0.193 e. The van der Waals surface area contributed by atoms with Crippen molar-refractivity contribution in [3.8, 4) is 0 Å². The molecule has 1 unspecified atom stereocenters. The number of guanidine groups is 1. The first-order valence-corrected chi connectivity index (χ1v) is 6.44. The number of aryl methyl sites for hydroxylation is 2. The van der Waals surface area contributed by atoms with Gasteiger partial charge in [0.2, 0.25) is 0 Å². The molecule has 0 saturated heterocycles. The normalized spacial score (nSPS) is 13.4. The second-order valence-corrected chi connectivity index (χ2v) is 4.36. The van der Waals surface area contributed by atoms with E-state index in [1.165, 1.54) is 11.1 Å². The van der Waals surface area contributed by atoms with Crippen molar-refractivity contribution in [1.82, 2.24) is 0 Å². The molecule has 0 heterocycles. The quantitative estimate of drug-likeness (QED) is 0.551. The Kier molecular flexibility index (Phi) is 5.65. The smallest absolute Gasteiger partial charge is 0.193 e. The maximum atomic E-state index is 9.18. The number of aliphatic hydroxyl groups excluding tert-OH is 1. The summed E-state index contributed by atoms with van der Waals surface area (Å²) in [5.41, 5.74) is 9.33. The minimum Gasteiger partial charge on any atom is -0.391 e. The summed E-state index contributed by atoms with van der Waals surface area (Å²) >= 11 is 0. The van der Waals surface area contributed by atoms with Crippen LogP contribution in [0.1, 0.15) is 31.9 Å². The van der Waals surface area contributed by atoms with Gasteiger partial charge in [-0.2, -0.15) is 0 Å². The fourth-order valence-corrected chi connectivity index (χ4v) is 1.80. The Hall–Kier alpha value is -1.55. The van der Waals surface area contributed by atoms with Crippen LogP contribution < -0.4 is 11.1 Å². The fourth-order valence-electron chi connectivity index (χ4n) is 1.80. The molecular weight excluding hydrogens is 226 g/mol. The fraction of sp³-hybridized carbons (Fsp3) is 0.500. The van der Waals surface area contributed by atoms with Crippen molar-refractivity contribution >= 4 is 11.6 Å². The highest BCUT2D eigenvalue weighted by atomic mass is 16.3. The highest BCUT2D eigenvalue weighted by molar-refractivity contribution is 5.93. The average Bonchev–Trinajstić information content (AvgIpc) is 2.36. The number of hydrogen-bond acceptors (Lipinski definition) is 2. The Balaban J connectivity index is 2.91. The molecule has 0 fully saturated rings. The summed E-state index contributed by atoms with van der Waals surface area (Å²) in [5, 5.41) is 12.3. The van der Waals surface area contributed by atoms with Crippen LogP contribution in [0.15, 0.2) is 23.2 Å². The molecule has 0 aliphatic rings. The third-order valence-corrected chi connectivity index (χ3v) is 2.78. The van der Waals surface area contributed by atoms with Crippen molar-refractivity contribution in [3.63, 3.8) is 0 Å². The number of nitrogens with one attached hydrogen (secondary N) is 1. The Labute approximate surface area is 109 Å². The van der Waals surface area contributed by atoms with Crippen molar-refractivity contribution in [1.29, 1.82) is 0 Å². The van der Waals surface area contributed by atoms with Gasteiger partial charge in [-0.1, -0.05) is 32.0 Å². The number of benzene rings is 1. The minimum absolute atomic E-state index is 0.314. The van der Waals surface area contributed by atoms with Gasteiger partial charge >= 0.3 is 0 Å². The molecule has 4 nitrogen and oxygen atoms in total. The molecule has 0 radical (unpaired) electrons. The summed E-state index contributed by atoms with van der Waals surface area (Å²) in [6, 6.07) is 6.23. The van der Waals surface area contributed by atoms with E-state index in [4.69, 9.17) is 5.73 Å². The first-order chi connectivity index (χ1) is 8.58. The topological polar surface area (TPSA) is 70.6 Å². The largest absolute Gasteiger partial charge is 0.391 e. The third kappa shape index (κ3) is 4.04. The molecule has 1 atom stereocenters. The van der Waals surface area contributed by atoms with Crippen LogP contribution in [-0.4, -0.2) is 23.7 Å². The molecule has 0 bridgehead atoms. The van der Waals surface area contributed by atoms with E-state index in [0.29, 0.717) is 12.5 Å². The molecule has 0 aliphatic heterocycles. The number of para-hydroxylation sites is 1. The van der Waals surface area contributed by atoms with Crippen LogP contribution in [0.3, 0.4) is 0 Å². The van der Waals surface area contributed by atoms with Gasteiger partial charge < -0.3 is 16.2 Å². The summed E-state index contributed by atoms with van der Waals surface area (Å²) in [5.74, 6) is 0.353. The highest BCUT2D eigenvalue weighted by Gasteiger charge is 2.07. The summed E-state index contributed by atoms with van der Waals surface area (Å²) < 4.78 is 0. The van der Waals surface area contributed by atoms with E-state index < -0.39 is 6.10 Å². The number of aliphatic imine (C=N–C) groups is 1. The van der Waals surface area contributed by atoms with Gasteiger partial charge in [0.05, 0.1) is 12.6 Å². The number of aliphatic hydroxyl groups is 1. The van der Waals surface area contributed by atoms with Crippen molar-refractivity contribution < 1.29 is 5.11 Å². The molecular formula is C14H23N3O. The van der Waals surface area contributed by atoms with Crippen molar-refractivity contribution in [2.45, 2.75) is 39.7 Å². The van der Waals surface area contributed by atoms with Crippen molar-refractivity contribution in [3.05, 3.63) is 29.3 Å². The van der Waals surface area contributed by atoms with Crippen LogP contribution in [0.25, 0.3) is 0 Å². The molecule has 0 aliphatic carbocycles. The predicted octanol–water partition coefficient (Wildman–Crippen LogP) is 1.92. The standard InChI is InChI=1S/C14H23N3O/c1-4-11-7-6-8-12(5-2)13(11)17-14(15)16-9-10(3)18/h6-8,10,18H,4-5,9H2,1-3H3,(H3,15,16,17). The lowest BCUT2D eigenvalue weighted by Gasteiger charge is -2.15. The molecule has 0 saturated carbocycles. The zero-order valence-corrected chi connectivity index (χ0v) is 11.4. The minimum atomic E-state index is -0.475. The lowest BCUT2D eigenvalue weighted by atomic mass is 10.0. The average molecular weight is 249 g/mol. The maximum absolute atomic E-state index is 9.18. The van der Waals surface area contributed by atoms with Gasteiger partial charge in [-0.3, -0.25) is 4.99 Å². The monoisotopic (exact) mass is 249 g/mol. The van der Waals surface area contributed by atoms with Crippen LogP contribution in [0.4, 0.5) is 5.69 Å². The lowest BCUT2D eigenvalue weighted by Crippen LogP contribution is -2.25. The number of nitrogens with two attached hydrogens (primary N) is 1. The second-order valence-electron chi connectivity index (χ2n) is 4.36.